The van der Waals surface area contributed by atoms with Crippen LogP contribution in [0.15, 0.2) is 0 Å². The van der Waals surface area contributed by atoms with Gasteiger partial charge in [0, 0.05) is 12.3 Å². The van der Waals surface area contributed by atoms with Crippen molar-refractivity contribution in [3.05, 3.63) is 0 Å². The topological polar surface area (TPSA) is 55.8 Å². The summed E-state index contributed by atoms with van der Waals surface area (Å²) in [7, 11) is 0. The van der Waals surface area contributed by atoms with Gasteiger partial charge in [-0.05, 0) is 110 Å². The Labute approximate surface area is 213 Å². The second-order valence-electron chi connectivity index (χ2n) is 15.7. The maximum atomic E-state index is 11.9. The molecule has 35 heavy (non-hydrogen) atoms. The summed E-state index contributed by atoms with van der Waals surface area (Å²) in [6, 6.07) is 0. The highest BCUT2D eigenvalue weighted by atomic mass is 16.6. The second-order valence-corrected chi connectivity index (χ2v) is 15.7. The van der Waals surface area contributed by atoms with Gasteiger partial charge >= 0.3 is 5.97 Å². The van der Waals surface area contributed by atoms with Gasteiger partial charge in [0.05, 0.1) is 18.3 Å². The number of aliphatic hydroxyl groups is 1. The zero-order chi connectivity index (χ0) is 25.2. The average Bonchev–Trinajstić information content (AvgIpc) is 3.34. The maximum absolute atomic E-state index is 11.9. The van der Waals surface area contributed by atoms with E-state index < -0.39 is 0 Å². The monoisotopic (exact) mass is 486 g/mol. The van der Waals surface area contributed by atoms with E-state index in [0.29, 0.717) is 34.2 Å². The fraction of sp³-hybridized carbons (Fsp3) is 0.968. The van der Waals surface area contributed by atoms with Gasteiger partial charge < -0.3 is 14.6 Å². The highest BCUT2D eigenvalue weighted by Crippen LogP contribution is 2.87. The van der Waals surface area contributed by atoms with Gasteiger partial charge in [0.1, 0.15) is 6.10 Å². The van der Waals surface area contributed by atoms with Gasteiger partial charge in [0.25, 0.3) is 0 Å². The van der Waals surface area contributed by atoms with Crippen molar-refractivity contribution in [3.63, 3.8) is 0 Å². The molecule has 6 aliphatic rings. The lowest BCUT2D eigenvalue weighted by atomic mass is 9.46. The first-order valence-electron chi connectivity index (χ1n) is 14.8. The molecule has 4 heteroatoms. The summed E-state index contributed by atoms with van der Waals surface area (Å²) in [4.78, 5) is 11.9. The first-order valence-corrected chi connectivity index (χ1v) is 14.8. The quantitative estimate of drug-likeness (QED) is 0.451. The predicted octanol–water partition coefficient (Wildman–Crippen LogP) is 6.53. The minimum absolute atomic E-state index is 0.0153. The van der Waals surface area contributed by atoms with Gasteiger partial charge in [0.15, 0.2) is 0 Å². The third-order valence-corrected chi connectivity index (χ3v) is 13.1. The Kier molecular flexibility index (Phi) is 5.29. The molecule has 11 atom stereocenters. The molecule has 5 aliphatic carbocycles. The van der Waals surface area contributed by atoms with Crippen LogP contribution in [0.3, 0.4) is 0 Å². The first-order chi connectivity index (χ1) is 16.3. The Bertz CT molecular complexity index is 889. The van der Waals surface area contributed by atoms with Crippen LogP contribution in [0.25, 0.3) is 0 Å². The SMILES string of the molecule is CC(=O)OC(C1CCC2C(CC3C4CC[C@H]5C(C)(C)C(O)CCC56CC46CCC23C)O1)C(C)(C)C. The van der Waals surface area contributed by atoms with E-state index in [4.69, 9.17) is 9.47 Å². The lowest BCUT2D eigenvalue weighted by molar-refractivity contribution is -0.186. The van der Waals surface area contributed by atoms with E-state index in [1.54, 1.807) is 0 Å². The molecule has 1 saturated heterocycles. The molecule has 0 aromatic rings. The Morgan fingerprint density at radius 1 is 0.943 bits per heavy atom. The van der Waals surface area contributed by atoms with Crippen molar-refractivity contribution >= 4 is 5.97 Å². The molecule has 10 unspecified atom stereocenters. The van der Waals surface area contributed by atoms with Gasteiger partial charge in [-0.15, -0.1) is 0 Å². The molecule has 6 fully saturated rings. The number of hydrogen-bond donors (Lipinski definition) is 1. The van der Waals surface area contributed by atoms with Crippen LogP contribution in [0.4, 0.5) is 0 Å². The molecule has 1 N–H and O–H groups in total. The van der Waals surface area contributed by atoms with Gasteiger partial charge in [-0.25, -0.2) is 0 Å². The van der Waals surface area contributed by atoms with Crippen molar-refractivity contribution in [1.82, 2.24) is 0 Å². The first kappa shape index (κ1) is 24.7. The summed E-state index contributed by atoms with van der Waals surface area (Å²) < 4.78 is 12.8. The Hall–Kier alpha value is -0.610. The van der Waals surface area contributed by atoms with Crippen LogP contribution in [0.2, 0.25) is 0 Å². The lowest BCUT2D eigenvalue weighted by Gasteiger charge is -2.59. The van der Waals surface area contributed by atoms with Crippen LogP contribution in [0, 0.1) is 50.7 Å². The van der Waals surface area contributed by atoms with Crippen LogP contribution in [0.1, 0.15) is 113 Å². The van der Waals surface area contributed by atoms with Crippen molar-refractivity contribution in [1.29, 1.82) is 0 Å². The van der Waals surface area contributed by atoms with Crippen molar-refractivity contribution in [2.24, 2.45) is 50.7 Å². The molecule has 6 rings (SSSR count). The van der Waals surface area contributed by atoms with E-state index in [1.165, 1.54) is 58.3 Å². The molecule has 5 saturated carbocycles. The van der Waals surface area contributed by atoms with Gasteiger partial charge in [-0.2, -0.15) is 0 Å². The Morgan fingerprint density at radius 3 is 2.34 bits per heavy atom. The van der Waals surface area contributed by atoms with Crippen LogP contribution in [-0.4, -0.2) is 35.5 Å². The van der Waals surface area contributed by atoms with E-state index in [9.17, 15) is 9.90 Å². The second kappa shape index (κ2) is 7.49. The maximum Gasteiger partial charge on any atom is 0.303 e. The molecule has 2 spiro atoms. The third-order valence-electron chi connectivity index (χ3n) is 13.1. The minimum Gasteiger partial charge on any atom is -0.459 e. The minimum atomic E-state index is -0.194. The number of carbonyl (C=O) groups is 1. The summed E-state index contributed by atoms with van der Waals surface area (Å²) >= 11 is 0. The molecule has 0 amide bonds. The zero-order valence-electron chi connectivity index (χ0n) is 23.4. The molecule has 4 nitrogen and oxygen atoms in total. The molecule has 1 aliphatic heterocycles. The molecule has 0 bridgehead atoms. The molecule has 0 aromatic heterocycles. The summed E-state index contributed by atoms with van der Waals surface area (Å²) in [5.41, 5.74) is 1.37. The molecular formula is C31H50O4. The fourth-order valence-electron chi connectivity index (χ4n) is 11.5. The largest absolute Gasteiger partial charge is 0.459 e. The highest BCUT2D eigenvalue weighted by Gasteiger charge is 2.80. The van der Waals surface area contributed by atoms with Crippen LogP contribution >= 0.6 is 0 Å². The Balaban J connectivity index is 1.24. The van der Waals surface area contributed by atoms with Gasteiger partial charge in [-0.3, -0.25) is 4.79 Å². The molecule has 198 valence electrons. The third kappa shape index (κ3) is 3.20. The number of ether oxygens (including phenoxy) is 2. The van der Waals surface area contributed by atoms with Gasteiger partial charge in [0.2, 0.25) is 0 Å². The summed E-state index contributed by atoms with van der Waals surface area (Å²) in [5, 5.41) is 10.9. The van der Waals surface area contributed by atoms with Crippen LogP contribution in [-0.2, 0) is 14.3 Å². The summed E-state index contributed by atoms with van der Waals surface area (Å²) in [6.45, 7) is 15.4. The lowest BCUT2D eigenvalue weighted by Crippen LogP contribution is -2.54. The smallest absolute Gasteiger partial charge is 0.303 e. The van der Waals surface area contributed by atoms with Crippen molar-refractivity contribution in [3.8, 4) is 0 Å². The van der Waals surface area contributed by atoms with Crippen molar-refractivity contribution in [2.75, 3.05) is 0 Å². The average molecular weight is 487 g/mol. The van der Waals surface area contributed by atoms with Gasteiger partial charge in [-0.1, -0.05) is 41.5 Å². The van der Waals surface area contributed by atoms with Crippen LogP contribution in [0.5, 0.6) is 0 Å². The molecule has 1 heterocycles. The number of fused-ring (bicyclic) bond motifs is 4. The standard InChI is InChI=1S/C31H50O4/c1-18(32)34-26(27(2,3)4)22-10-8-20-23(35-22)16-21-19-9-11-24-28(5,6)25(33)12-13-31(24)17-30(19,31)15-14-29(20,21)7/h19-26,33H,8-17H2,1-7H3/t19?,20?,21?,22?,23?,24-,25?,26?,29?,30?,31?/m0/s1. The number of aliphatic hydroxyl groups excluding tert-OH is 1. The summed E-state index contributed by atoms with van der Waals surface area (Å²) in [6.07, 6.45) is 12.5. The molecule has 0 radical (unpaired) electrons. The molecular weight excluding hydrogens is 436 g/mol. The van der Waals surface area contributed by atoms with E-state index in [2.05, 4.69) is 41.5 Å². The fourth-order valence-corrected chi connectivity index (χ4v) is 11.5. The number of carbonyl (C=O) groups excluding carboxylic acids is 1. The van der Waals surface area contributed by atoms with E-state index in [1.807, 2.05) is 0 Å². The zero-order valence-corrected chi connectivity index (χ0v) is 23.4. The van der Waals surface area contributed by atoms with Crippen LogP contribution < -0.4 is 0 Å². The predicted molar refractivity (Wildman–Crippen MR) is 137 cm³/mol. The van der Waals surface area contributed by atoms with Crippen molar-refractivity contribution < 1.29 is 19.4 Å². The Morgan fingerprint density at radius 2 is 1.66 bits per heavy atom. The number of rotatable bonds is 2. The van der Waals surface area contributed by atoms with E-state index in [-0.39, 0.29) is 35.1 Å². The molecule has 0 aromatic carbocycles. The van der Waals surface area contributed by atoms with E-state index in [0.717, 1.165) is 24.7 Å². The van der Waals surface area contributed by atoms with E-state index >= 15 is 0 Å². The number of esters is 1. The number of hydrogen-bond acceptors (Lipinski definition) is 4. The summed E-state index contributed by atoms with van der Waals surface area (Å²) in [5.74, 6) is 2.75. The van der Waals surface area contributed by atoms with Crippen molar-refractivity contribution in [2.45, 2.75) is 137 Å². The highest BCUT2D eigenvalue weighted by molar-refractivity contribution is 5.66. The normalized spacial score (nSPS) is 52.7.